The van der Waals surface area contributed by atoms with E-state index in [-0.39, 0.29) is 12.1 Å². The molecule has 3 aromatic rings. The zero-order chi connectivity index (χ0) is 15.9. The molecule has 1 aromatic carbocycles. The molecule has 0 aliphatic heterocycles. The molecule has 22 heavy (non-hydrogen) atoms. The van der Waals surface area contributed by atoms with Crippen LogP contribution in [-0.4, -0.2) is 25.4 Å². The van der Waals surface area contributed by atoms with E-state index >= 15 is 0 Å². The molecule has 0 fully saturated rings. The summed E-state index contributed by atoms with van der Waals surface area (Å²) >= 11 is 0. The molecule has 0 atom stereocenters. The lowest BCUT2D eigenvalue weighted by Crippen LogP contribution is -2.31. The van der Waals surface area contributed by atoms with E-state index in [1.54, 1.807) is 6.07 Å². The lowest BCUT2D eigenvalue weighted by molar-refractivity contribution is 0.0690. The summed E-state index contributed by atoms with van der Waals surface area (Å²) in [7, 11) is 0. The van der Waals surface area contributed by atoms with Crippen LogP contribution in [-0.2, 0) is 6.54 Å². The normalized spacial score (nSPS) is 11.0. The van der Waals surface area contributed by atoms with Crippen molar-refractivity contribution in [2.45, 2.75) is 6.54 Å². The Bertz CT molecular complexity index is 925. The second-order valence-corrected chi connectivity index (χ2v) is 4.76. The fourth-order valence-electron chi connectivity index (χ4n) is 2.33. The highest BCUT2D eigenvalue weighted by atomic mass is 19.1. The largest absolute Gasteiger partial charge is 0.505 e. The van der Waals surface area contributed by atoms with Gasteiger partial charge in [0.15, 0.2) is 11.3 Å². The topological polar surface area (TPSA) is 83.9 Å². The van der Waals surface area contributed by atoms with E-state index < -0.39 is 28.7 Å². The summed E-state index contributed by atoms with van der Waals surface area (Å²) in [5, 5.41) is 19.1. The second-order valence-electron chi connectivity index (χ2n) is 4.76. The molecule has 2 N–H and O–H groups in total. The summed E-state index contributed by atoms with van der Waals surface area (Å²) in [5.74, 6) is -2.48. The number of hydrogen-bond acceptors (Lipinski definition) is 3. The van der Waals surface area contributed by atoms with Crippen LogP contribution in [0.1, 0.15) is 15.9 Å². The highest BCUT2D eigenvalue weighted by Gasteiger charge is 2.21. The summed E-state index contributed by atoms with van der Waals surface area (Å²) in [6.45, 7) is 0.0465. The van der Waals surface area contributed by atoms with Gasteiger partial charge in [-0.2, -0.15) is 0 Å². The molecule has 0 amide bonds. The molecule has 0 saturated heterocycles. The summed E-state index contributed by atoms with van der Waals surface area (Å²) in [6, 6.07) is 8.61. The van der Waals surface area contributed by atoms with Crippen molar-refractivity contribution < 1.29 is 19.4 Å². The monoisotopic (exact) mass is 302 g/mol. The van der Waals surface area contributed by atoms with Crippen LogP contribution in [0.3, 0.4) is 0 Å². The zero-order valence-corrected chi connectivity index (χ0v) is 11.2. The minimum absolute atomic E-state index is 0.0465. The van der Waals surface area contributed by atoms with Crippen LogP contribution < -0.4 is 5.56 Å². The highest BCUT2D eigenvalue weighted by molar-refractivity contribution is 5.93. The van der Waals surface area contributed by atoms with Crippen LogP contribution >= 0.6 is 0 Å². The van der Waals surface area contributed by atoms with Gasteiger partial charge in [-0.3, -0.25) is 9.31 Å². The minimum atomic E-state index is -1.50. The molecule has 3 rings (SSSR count). The number of aromatic nitrogens is 2. The molecule has 0 spiro atoms. The van der Waals surface area contributed by atoms with Gasteiger partial charge in [0.25, 0.3) is 5.56 Å². The molecule has 0 aliphatic carbocycles. The van der Waals surface area contributed by atoms with E-state index in [0.29, 0.717) is 5.56 Å². The van der Waals surface area contributed by atoms with Gasteiger partial charge in [0.05, 0.1) is 6.54 Å². The number of aromatic hydroxyl groups is 1. The van der Waals surface area contributed by atoms with Gasteiger partial charge in [-0.1, -0.05) is 12.1 Å². The molecule has 6 nitrogen and oxygen atoms in total. The Morgan fingerprint density at radius 1 is 1.18 bits per heavy atom. The average molecular weight is 302 g/mol. The van der Waals surface area contributed by atoms with Crippen LogP contribution in [0.2, 0.25) is 0 Å². The molecule has 2 aromatic heterocycles. The first-order valence-electron chi connectivity index (χ1n) is 6.40. The van der Waals surface area contributed by atoms with E-state index in [1.165, 1.54) is 45.7 Å². The molecule has 0 bridgehead atoms. The number of carboxylic acid groups (broad SMARTS) is 1. The number of aromatic carboxylic acids is 1. The number of fused-ring (bicyclic) bond motifs is 1. The maximum atomic E-state index is 12.9. The molecule has 7 heteroatoms. The van der Waals surface area contributed by atoms with E-state index in [1.807, 2.05) is 0 Å². The Morgan fingerprint density at radius 2 is 1.86 bits per heavy atom. The van der Waals surface area contributed by atoms with Gasteiger partial charge in [-0.25, -0.2) is 13.9 Å². The highest BCUT2D eigenvalue weighted by Crippen LogP contribution is 2.21. The Hall–Kier alpha value is -3.09. The molecular weight excluding hydrogens is 291 g/mol. The maximum absolute atomic E-state index is 12.9. The second kappa shape index (κ2) is 5.03. The summed E-state index contributed by atoms with van der Waals surface area (Å²) in [5.41, 5.74) is -0.689. The molecule has 0 radical (unpaired) electrons. The Morgan fingerprint density at radius 3 is 2.50 bits per heavy atom. The van der Waals surface area contributed by atoms with Gasteiger partial charge in [0.1, 0.15) is 11.3 Å². The lowest BCUT2D eigenvalue weighted by atomic mass is 10.2. The van der Waals surface area contributed by atoms with Crippen molar-refractivity contribution in [3.8, 4) is 5.75 Å². The quantitative estimate of drug-likeness (QED) is 0.771. The standard InChI is InChI=1S/C15H11FN2O4/c16-10-5-3-9(4-6-10)8-18-14(20)12(15(21)22)13(19)11-2-1-7-17(11)18/h1-7,19H,8H2,(H,21,22). The number of benzene rings is 1. The molecule has 2 heterocycles. The number of halogens is 1. The number of nitrogens with zero attached hydrogens (tertiary/aromatic N) is 2. The predicted molar refractivity (Wildman–Crippen MR) is 75.8 cm³/mol. The van der Waals surface area contributed by atoms with Gasteiger partial charge in [0, 0.05) is 6.20 Å². The molecule has 0 saturated carbocycles. The summed E-state index contributed by atoms with van der Waals surface area (Å²) in [4.78, 5) is 23.6. The number of carbonyl (C=O) groups is 1. The number of hydrogen-bond donors (Lipinski definition) is 2. The van der Waals surface area contributed by atoms with Crippen LogP contribution in [0.15, 0.2) is 47.4 Å². The van der Waals surface area contributed by atoms with Crippen LogP contribution in [0.25, 0.3) is 5.52 Å². The van der Waals surface area contributed by atoms with Crippen LogP contribution in [0.5, 0.6) is 5.75 Å². The number of rotatable bonds is 3. The van der Waals surface area contributed by atoms with E-state index in [9.17, 15) is 19.1 Å². The molecular formula is C15H11FN2O4. The Balaban J connectivity index is 2.24. The van der Waals surface area contributed by atoms with Gasteiger partial charge < -0.3 is 10.2 Å². The smallest absolute Gasteiger partial charge is 0.345 e. The third-order valence-electron chi connectivity index (χ3n) is 3.38. The van der Waals surface area contributed by atoms with Crippen molar-refractivity contribution >= 4 is 11.5 Å². The predicted octanol–water partition coefficient (Wildman–Crippen LogP) is 1.69. The summed E-state index contributed by atoms with van der Waals surface area (Å²) in [6.07, 6.45) is 1.53. The Kier molecular flexibility index (Phi) is 3.17. The fraction of sp³-hybridized carbons (Fsp3) is 0.0667. The first-order chi connectivity index (χ1) is 10.5. The summed E-state index contributed by atoms with van der Waals surface area (Å²) < 4.78 is 15.5. The van der Waals surface area contributed by atoms with E-state index in [0.717, 1.165) is 0 Å². The Labute approximate surface area is 123 Å². The van der Waals surface area contributed by atoms with Gasteiger partial charge in [0.2, 0.25) is 0 Å². The van der Waals surface area contributed by atoms with Crippen LogP contribution in [0, 0.1) is 5.82 Å². The number of carboxylic acids is 1. The lowest BCUT2D eigenvalue weighted by Gasteiger charge is -2.13. The first-order valence-corrected chi connectivity index (χ1v) is 6.40. The van der Waals surface area contributed by atoms with Gasteiger partial charge >= 0.3 is 5.97 Å². The van der Waals surface area contributed by atoms with Gasteiger partial charge in [-0.05, 0) is 29.8 Å². The van der Waals surface area contributed by atoms with Crippen molar-refractivity contribution in [3.05, 3.63) is 69.9 Å². The SMILES string of the molecule is O=C(O)c1c(O)c2cccn2n(Cc2ccc(F)cc2)c1=O. The minimum Gasteiger partial charge on any atom is -0.505 e. The fourth-order valence-corrected chi connectivity index (χ4v) is 2.33. The zero-order valence-electron chi connectivity index (χ0n) is 11.2. The van der Waals surface area contributed by atoms with E-state index in [4.69, 9.17) is 5.11 Å². The van der Waals surface area contributed by atoms with Gasteiger partial charge in [-0.15, -0.1) is 0 Å². The average Bonchev–Trinajstić information content (AvgIpc) is 2.95. The third kappa shape index (κ3) is 2.12. The van der Waals surface area contributed by atoms with E-state index in [2.05, 4.69) is 0 Å². The maximum Gasteiger partial charge on any atom is 0.345 e. The molecule has 0 aliphatic rings. The van der Waals surface area contributed by atoms with Crippen molar-refractivity contribution in [2.75, 3.05) is 0 Å². The molecule has 0 unspecified atom stereocenters. The molecule has 112 valence electrons. The van der Waals surface area contributed by atoms with Crippen molar-refractivity contribution in [1.29, 1.82) is 0 Å². The van der Waals surface area contributed by atoms with Crippen molar-refractivity contribution in [3.63, 3.8) is 0 Å². The van der Waals surface area contributed by atoms with Crippen LogP contribution in [0.4, 0.5) is 4.39 Å². The first kappa shape index (κ1) is 13.9. The van der Waals surface area contributed by atoms with Crippen molar-refractivity contribution in [1.82, 2.24) is 9.20 Å². The van der Waals surface area contributed by atoms with Crippen molar-refractivity contribution in [2.24, 2.45) is 0 Å². The third-order valence-corrected chi connectivity index (χ3v) is 3.38.